The third kappa shape index (κ3) is 3.87. The second-order valence-corrected chi connectivity index (χ2v) is 7.27. The van der Waals surface area contributed by atoms with Gasteiger partial charge in [0.25, 0.3) is 0 Å². The lowest BCUT2D eigenvalue weighted by Crippen LogP contribution is -2.61. The van der Waals surface area contributed by atoms with E-state index in [2.05, 4.69) is 11.0 Å². The summed E-state index contributed by atoms with van der Waals surface area (Å²) in [4.78, 5) is 16.4. The van der Waals surface area contributed by atoms with Crippen molar-refractivity contribution in [1.29, 1.82) is 0 Å². The van der Waals surface area contributed by atoms with Crippen molar-refractivity contribution in [3.8, 4) is 0 Å². The minimum absolute atomic E-state index is 0.232. The molecule has 2 saturated heterocycles. The van der Waals surface area contributed by atoms with Gasteiger partial charge in [-0.25, -0.2) is 0 Å². The second-order valence-electron chi connectivity index (χ2n) is 6.86. The Bertz CT molecular complexity index is 548. The molecule has 0 N–H and O–H groups in total. The van der Waals surface area contributed by atoms with Gasteiger partial charge in [-0.2, -0.15) is 0 Å². The van der Waals surface area contributed by atoms with Crippen molar-refractivity contribution in [1.82, 2.24) is 9.80 Å². The van der Waals surface area contributed by atoms with E-state index in [1.54, 1.807) is 7.11 Å². The van der Waals surface area contributed by atoms with Crippen LogP contribution in [0.3, 0.4) is 0 Å². The SMILES string of the molecule is COCCC(=O)N1CC2(CCN(Cc3ccccc3Cl)CC2)C1. The Kier molecular flexibility index (Phi) is 5.24. The zero-order chi connectivity index (χ0) is 16.3. The summed E-state index contributed by atoms with van der Waals surface area (Å²) in [5.41, 5.74) is 1.56. The number of carbonyl (C=O) groups excluding carboxylic acids is 1. The lowest BCUT2D eigenvalue weighted by molar-refractivity contribution is -0.147. The van der Waals surface area contributed by atoms with Gasteiger partial charge in [0.1, 0.15) is 0 Å². The lowest BCUT2D eigenvalue weighted by atomic mass is 9.72. The fourth-order valence-electron chi connectivity index (χ4n) is 3.66. The van der Waals surface area contributed by atoms with Crippen LogP contribution in [0.15, 0.2) is 24.3 Å². The molecule has 126 valence electrons. The zero-order valence-electron chi connectivity index (χ0n) is 13.8. The summed E-state index contributed by atoms with van der Waals surface area (Å²) in [5.74, 6) is 0.232. The summed E-state index contributed by atoms with van der Waals surface area (Å²) in [6, 6.07) is 8.08. The van der Waals surface area contributed by atoms with Gasteiger partial charge >= 0.3 is 0 Å². The van der Waals surface area contributed by atoms with Gasteiger partial charge in [-0.05, 0) is 37.6 Å². The molecule has 5 heteroatoms. The number of likely N-dealkylation sites (tertiary alicyclic amines) is 2. The largest absolute Gasteiger partial charge is 0.384 e. The highest BCUT2D eigenvalue weighted by Gasteiger charge is 2.46. The van der Waals surface area contributed by atoms with Crippen LogP contribution >= 0.6 is 11.6 Å². The summed E-state index contributed by atoms with van der Waals surface area (Å²) in [7, 11) is 1.64. The van der Waals surface area contributed by atoms with Crippen LogP contribution in [0.25, 0.3) is 0 Å². The molecule has 2 aliphatic rings. The summed E-state index contributed by atoms with van der Waals surface area (Å²) in [6.07, 6.45) is 2.85. The van der Waals surface area contributed by atoms with Crippen molar-refractivity contribution in [3.63, 3.8) is 0 Å². The Morgan fingerprint density at radius 2 is 1.96 bits per heavy atom. The lowest BCUT2D eigenvalue weighted by Gasteiger charge is -2.54. The zero-order valence-corrected chi connectivity index (χ0v) is 14.5. The molecule has 0 unspecified atom stereocenters. The van der Waals surface area contributed by atoms with Gasteiger partial charge in [-0.1, -0.05) is 29.8 Å². The smallest absolute Gasteiger partial charge is 0.224 e. The van der Waals surface area contributed by atoms with E-state index in [1.165, 1.54) is 18.4 Å². The predicted octanol–water partition coefficient (Wildman–Crippen LogP) is 2.80. The van der Waals surface area contributed by atoms with E-state index in [0.717, 1.165) is 37.7 Å². The van der Waals surface area contributed by atoms with Crippen LogP contribution in [-0.4, -0.2) is 55.6 Å². The number of methoxy groups -OCH3 is 1. The Hall–Kier alpha value is -1.10. The molecule has 0 aromatic heterocycles. The number of halogens is 1. The highest BCUT2D eigenvalue weighted by atomic mass is 35.5. The number of piperidine rings is 1. The molecule has 0 aliphatic carbocycles. The third-order valence-electron chi connectivity index (χ3n) is 5.19. The Labute approximate surface area is 143 Å². The van der Waals surface area contributed by atoms with E-state index in [4.69, 9.17) is 16.3 Å². The average Bonchev–Trinajstić information content (AvgIpc) is 2.53. The van der Waals surface area contributed by atoms with Gasteiger partial charge in [0.2, 0.25) is 5.91 Å². The number of benzene rings is 1. The molecule has 1 amide bonds. The Balaban J connectivity index is 1.45. The van der Waals surface area contributed by atoms with Crippen LogP contribution in [0.5, 0.6) is 0 Å². The van der Waals surface area contributed by atoms with Gasteiger partial charge in [0.15, 0.2) is 0 Å². The molecule has 0 atom stereocenters. The van der Waals surface area contributed by atoms with Crippen LogP contribution in [0, 0.1) is 5.41 Å². The van der Waals surface area contributed by atoms with E-state index in [-0.39, 0.29) is 5.91 Å². The summed E-state index contributed by atoms with van der Waals surface area (Å²) >= 11 is 6.25. The van der Waals surface area contributed by atoms with Crippen molar-refractivity contribution >= 4 is 17.5 Å². The van der Waals surface area contributed by atoms with Gasteiger partial charge < -0.3 is 9.64 Å². The molecule has 1 spiro atoms. The van der Waals surface area contributed by atoms with Gasteiger partial charge in [0.05, 0.1) is 13.0 Å². The minimum atomic E-state index is 0.232. The van der Waals surface area contributed by atoms with Gasteiger partial charge in [-0.15, -0.1) is 0 Å². The van der Waals surface area contributed by atoms with Crippen molar-refractivity contribution in [2.75, 3.05) is 39.9 Å². The van der Waals surface area contributed by atoms with E-state index >= 15 is 0 Å². The highest BCUT2D eigenvalue weighted by molar-refractivity contribution is 6.31. The number of rotatable bonds is 5. The molecule has 23 heavy (non-hydrogen) atoms. The monoisotopic (exact) mass is 336 g/mol. The molecule has 0 radical (unpaired) electrons. The molecule has 2 fully saturated rings. The second kappa shape index (κ2) is 7.20. The molecule has 0 bridgehead atoms. The quantitative estimate of drug-likeness (QED) is 0.829. The average molecular weight is 337 g/mol. The van der Waals surface area contributed by atoms with Crippen LogP contribution in [0.1, 0.15) is 24.8 Å². The first-order chi connectivity index (χ1) is 11.1. The summed E-state index contributed by atoms with van der Waals surface area (Å²) in [6.45, 7) is 5.47. The number of hydrogen-bond acceptors (Lipinski definition) is 3. The van der Waals surface area contributed by atoms with Crippen molar-refractivity contribution < 1.29 is 9.53 Å². The topological polar surface area (TPSA) is 32.8 Å². The maximum Gasteiger partial charge on any atom is 0.224 e. The molecule has 3 rings (SSSR count). The molecular weight excluding hydrogens is 312 g/mol. The molecule has 4 nitrogen and oxygen atoms in total. The molecular formula is C18H25ClN2O2. The van der Waals surface area contributed by atoms with E-state index in [0.29, 0.717) is 18.4 Å². The number of hydrogen-bond donors (Lipinski definition) is 0. The standard InChI is InChI=1S/C18H25ClN2O2/c1-23-11-6-17(22)21-13-18(14-21)7-9-20(10-8-18)12-15-4-2-3-5-16(15)19/h2-5H,6-14H2,1H3. The van der Waals surface area contributed by atoms with Crippen LogP contribution in [-0.2, 0) is 16.1 Å². The Morgan fingerprint density at radius 3 is 2.61 bits per heavy atom. The van der Waals surface area contributed by atoms with Crippen molar-refractivity contribution in [2.45, 2.75) is 25.8 Å². The molecule has 0 saturated carbocycles. The van der Waals surface area contributed by atoms with E-state index in [9.17, 15) is 4.79 Å². The van der Waals surface area contributed by atoms with Crippen LogP contribution in [0.2, 0.25) is 5.02 Å². The number of ether oxygens (including phenoxy) is 1. The van der Waals surface area contributed by atoms with Crippen molar-refractivity contribution in [2.24, 2.45) is 5.41 Å². The first-order valence-electron chi connectivity index (χ1n) is 8.34. The Morgan fingerprint density at radius 1 is 1.26 bits per heavy atom. The number of carbonyl (C=O) groups is 1. The fraction of sp³-hybridized carbons (Fsp3) is 0.611. The normalized spacial score (nSPS) is 20.5. The first-order valence-corrected chi connectivity index (χ1v) is 8.72. The van der Waals surface area contributed by atoms with E-state index < -0.39 is 0 Å². The molecule has 2 aliphatic heterocycles. The van der Waals surface area contributed by atoms with E-state index in [1.807, 2.05) is 23.1 Å². The molecule has 1 aromatic carbocycles. The summed E-state index contributed by atoms with van der Waals surface area (Å²) in [5, 5.41) is 0.853. The third-order valence-corrected chi connectivity index (χ3v) is 5.56. The maximum atomic E-state index is 12.0. The fourth-order valence-corrected chi connectivity index (χ4v) is 3.85. The van der Waals surface area contributed by atoms with Gasteiger partial charge in [0, 0.05) is 37.2 Å². The van der Waals surface area contributed by atoms with Crippen LogP contribution in [0.4, 0.5) is 0 Å². The molecule has 1 aromatic rings. The highest BCUT2D eigenvalue weighted by Crippen LogP contribution is 2.41. The molecule has 2 heterocycles. The minimum Gasteiger partial charge on any atom is -0.384 e. The number of amides is 1. The predicted molar refractivity (Wildman–Crippen MR) is 91.5 cm³/mol. The van der Waals surface area contributed by atoms with Gasteiger partial charge in [-0.3, -0.25) is 9.69 Å². The first kappa shape index (κ1) is 16.7. The summed E-state index contributed by atoms with van der Waals surface area (Å²) < 4.78 is 4.98. The van der Waals surface area contributed by atoms with Crippen LogP contribution < -0.4 is 0 Å². The number of nitrogens with zero attached hydrogens (tertiary/aromatic N) is 2. The maximum absolute atomic E-state index is 12.0. The van der Waals surface area contributed by atoms with Crippen molar-refractivity contribution in [3.05, 3.63) is 34.9 Å².